The van der Waals surface area contributed by atoms with Crippen LogP contribution in [-0.4, -0.2) is 231 Å². The number of aliphatic hydroxyl groups is 8. The maximum absolute atomic E-state index is 14.0. The van der Waals surface area contributed by atoms with Crippen molar-refractivity contribution < 1.29 is 112 Å². The third-order valence-electron chi connectivity index (χ3n) is 20.9. The van der Waals surface area contributed by atoms with E-state index in [4.69, 9.17) is 61.6 Å². The Kier molecular flexibility index (Phi) is 20.0. The number of aromatic nitrogens is 1. The normalized spacial score (nSPS) is 45.9. The summed E-state index contributed by atoms with van der Waals surface area (Å²) in [6.45, 7) is 9.93. The topological polar surface area (TPSA) is 329 Å². The molecule has 4 saturated heterocycles. The first kappa shape index (κ1) is 66.0. The lowest BCUT2D eigenvalue weighted by Crippen LogP contribution is -2.78. The van der Waals surface area contributed by atoms with Crippen LogP contribution in [0.15, 0.2) is 72.6 Å². The Morgan fingerprint density at radius 1 is 0.724 bits per heavy atom. The monoisotopic (exact) mass is 1230 g/mol. The predicted octanol–water partition coefficient (Wildman–Crippen LogP) is 2.55. The maximum atomic E-state index is 14.0. The number of nitrogens with zero attached hydrogens (tertiary/aromatic N) is 1. The summed E-state index contributed by atoms with van der Waals surface area (Å²) >= 11 is 0. The average Bonchev–Trinajstić information content (AvgIpc) is 1.60. The zero-order chi connectivity index (χ0) is 62.5. The SMILES string of the molecule is CO[C@@H]1[C@@H](O)[C@H](O[C@@H]2[C@@H](C)O[C@@H](O[C@H]3[C@@H](OC)C[C@H](O[C@H]4CC[C@@]5(C)C(=CC[C@]6(O)[C@@H]5C[C@@H](OC(=O)C=Cc5ccccc5)[C@@]5(C)[C@]6(O)CC[C@@]5(O)[C@H](C)OC(=O)c5cccnc5)C4)O[C@@H]3C)C[C@H]2OC)O[C@H](C)[C@H]1O[C@@H]1O[C@H](CO)[C@@H](O)[C@H](O)[C@H]1O. The number of carbonyl (C=O) groups is 2. The minimum absolute atomic E-state index is 0.0348. The van der Waals surface area contributed by atoms with Crippen molar-refractivity contribution in [2.24, 2.45) is 16.7 Å². The van der Waals surface area contributed by atoms with Crippen molar-refractivity contribution in [1.29, 1.82) is 0 Å². The molecule has 0 radical (unpaired) electrons. The van der Waals surface area contributed by atoms with E-state index in [2.05, 4.69) is 11.9 Å². The summed E-state index contributed by atoms with van der Waals surface area (Å²) in [5.74, 6) is -2.07. The maximum Gasteiger partial charge on any atom is 0.340 e. The molecule has 87 heavy (non-hydrogen) atoms. The summed E-state index contributed by atoms with van der Waals surface area (Å²) in [6, 6.07) is 12.4. The van der Waals surface area contributed by atoms with Crippen LogP contribution in [0.1, 0.15) is 115 Å². The Morgan fingerprint density at radius 2 is 1.37 bits per heavy atom. The molecule has 4 aliphatic carbocycles. The van der Waals surface area contributed by atoms with E-state index >= 15 is 0 Å². The van der Waals surface area contributed by atoms with Gasteiger partial charge in [0.2, 0.25) is 0 Å². The molecule has 1 aromatic heterocycles. The van der Waals surface area contributed by atoms with Crippen LogP contribution >= 0.6 is 0 Å². The fourth-order valence-corrected chi connectivity index (χ4v) is 15.8. The van der Waals surface area contributed by atoms with Crippen LogP contribution in [0.3, 0.4) is 0 Å². The Bertz CT molecular complexity index is 2730. The molecule has 2 aromatic rings. The quantitative estimate of drug-likeness (QED) is 0.0604. The van der Waals surface area contributed by atoms with Crippen molar-refractivity contribution in [2.45, 2.75) is 245 Å². The summed E-state index contributed by atoms with van der Waals surface area (Å²) in [5.41, 5.74) is -6.31. The zero-order valence-corrected chi connectivity index (χ0v) is 50.8. The standard InChI is InChI=1S/C63H89NO23/c1-32-52(85-47-28-41(76-8)53(33(2)79-47)86-58-51(70)55(77-9)54(34(3)80-58)87-57-50(69)49(68)48(67)42(31-65)83-57)40(75-7)27-46(78-32)82-39-20-21-59(5)38(26-39)19-22-62(73)43(59)29-44(84-45(66)18-17-36-14-11-10-12-15-36)60(6)61(72,23-24-63(60,62)74)35(4)81-56(71)37-16-13-25-64-30-37/h10-19,25,30,32-35,39-44,46-55,57-58,65,67-70,72-74H,20-24,26-29,31H2,1-9H3/t32-,33-,34-,35+,39+,40+,41-,42-,43-,44-,46+,47+,48-,49+,50-,51-,52-,53-,54-,55-,57+,58+,59+,60-,61-,62+,63-/m1/s1. The number of esters is 2. The lowest BCUT2D eigenvalue weighted by molar-refractivity contribution is -0.373. The first-order valence-electron chi connectivity index (χ1n) is 30.4. The summed E-state index contributed by atoms with van der Waals surface area (Å²) in [5, 5.41) is 92.3. The van der Waals surface area contributed by atoms with E-state index in [-0.39, 0.29) is 43.8 Å². The zero-order valence-electron chi connectivity index (χ0n) is 50.8. The molecule has 4 aliphatic heterocycles. The van der Waals surface area contributed by atoms with E-state index in [1.54, 1.807) is 53.0 Å². The molecule has 0 bridgehead atoms. The van der Waals surface area contributed by atoms with Gasteiger partial charge in [0.05, 0.1) is 54.2 Å². The number of ether oxygens (including phenoxy) is 13. The second-order valence-corrected chi connectivity index (χ2v) is 25.5. The molecule has 10 rings (SSSR count). The van der Waals surface area contributed by atoms with E-state index in [1.165, 1.54) is 32.7 Å². The smallest absolute Gasteiger partial charge is 0.340 e. The molecule has 5 heterocycles. The first-order valence-corrected chi connectivity index (χ1v) is 30.4. The Hall–Kier alpha value is -3.97. The second kappa shape index (κ2) is 26.3. The van der Waals surface area contributed by atoms with Crippen LogP contribution < -0.4 is 0 Å². The third kappa shape index (κ3) is 12.0. The molecule has 7 fully saturated rings. The highest BCUT2D eigenvalue weighted by atomic mass is 16.8. The van der Waals surface area contributed by atoms with Crippen LogP contribution in [0.25, 0.3) is 6.08 Å². The van der Waals surface area contributed by atoms with E-state index in [1.807, 2.05) is 43.3 Å². The van der Waals surface area contributed by atoms with Gasteiger partial charge in [-0.3, -0.25) is 4.98 Å². The van der Waals surface area contributed by atoms with Crippen molar-refractivity contribution in [2.75, 3.05) is 27.9 Å². The molecule has 24 nitrogen and oxygen atoms in total. The molecule has 0 unspecified atom stereocenters. The van der Waals surface area contributed by atoms with E-state index in [0.717, 1.165) is 11.1 Å². The molecular weight excluding hydrogens is 1140 g/mol. The van der Waals surface area contributed by atoms with Gasteiger partial charge < -0.3 is 102 Å². The summed E-state index contributed by atoms with van der Waals surface area (Å²) in [6.07, 6.45) is -11.3. The van der Waals surface area contributed by atoms with Crippen LogP contribution in [0.5, 0.6) is 0 Å². The summed E-state index contributed by atoms with van der Waals surface area (Å²) < 4.78 is 80.5. The number of aliphatic hydroxyl groups excluding tert-OH is 5. The van der Waals surface area contributed by atoms with Crippen molar-refractivity contribution in [3.63, 3.8) is 0 Å². The minimum atomic E-state index is -2.03. The van der Waals surface area contributed by atoms with Gasteiger partial charge in [-0.15, -0.1) is 0 Å². The minimum Gasteiger partial charge on any atom is -0.458 e. The van der Waals surface area contributed by atoms with Crippen LogP contribution in [0, 0.1) is 16.7 Å². The van der Waals surface area contributed by atoms with Crippen molar-refractivity contribution in [3.8, 4) is 0 Å². The van der Waals surface area contributed by atoms with Gasteiger partial charge in [-0.2, -0.15) is 0 Å². The molecule has 0 spiro atoms. The molecule has 8 aliphatic rings. The lowest BCUT2D eigenvalue weighted by Gasteiger charge is -2.67. The summed E-state index contributed by atoms with van der Waals surface area (Å²) in [4.78, 5) is 31.5. The van der Waals surface area contributed by atoms with Crippen LogP contribution in [0.2, 0.25) is 0 Å². The number of rotatable bonds is 18. The van der Waals surface area contributed by atoms with Crippen LogP contribution in [-0.2, 0) is 66.4 Å². The summed E-state index contributed by atoms with van der Waals surface area (Å²) in [7, 11) is 4.48. The molecule has 24 heteroatoms. The third-order valence-corrected chi connectivity index (χ3v) is 20.9. The van der Waals surface area contributed by atoms with Crippen molar-refractivity contribution in [3.05, 3.63) is 83.7 Å². The predicted molar refractivity (Wildman–Crippen MR) is 303 cm³/mol. The molecule has 1 aromatic carbocycles. The van der Waals surface area contributed by atoms with Gasteiger partial charge >= 0.3 is 11.9 Å². The largest absolute Gasteiger partial charge is 0.458 e. The average molecular weight is 1230 g/mol. The highest BCUT2D eigenvalue weighted by molar-refractivity contribution is 5.89. The number of benzene rings is 1. The number of fused-ring (bicyclic) bond motifs is 5. The second-order valence-electron chi connectivity index (χ2n) is 25.5. The molecule has 0 amide bonds. The number of hydrogen-bond acceptors (Lipinski definition) is 24. The van der Waals surface area contributed by atoms with Gasteiger partial charge in [0, 0.05) is 58.6 Å². The molecule has 484 valence electrons. The van der Waals surface area contributed by atoms with Gasteiger partial charge in [0.25, 0.3) is 0 Å². The van der Waals surface area contributed by atoms with Gasteiger partial charge in [-0.1, -0.05) is 55.8 Å². The highest BCUT2D eigenvalue weighted by Crippen LogP contribution is 2.71. The molecular formula is C63H89NO23. The Labute approximate surface area is 506 Å². The van der Waals surface area contributed by atoms with E-state index < -0.39 is 175 Å². The fourth-order valence-electron chi connectivity index (χ4n) is 15.8. The van der Waals surface area contributed by atoms with E-state index in [0.29, 0.717) is 25.7 Å². The number of hydrogen-bond donors (Lipinski definition) is 8. The number of methoxy groups -OCH3 is 3. The van der Waals surface area contributed by atoms with Crippen molar-refractivity contribution in [1.82, 2.24) is 4.98 Å². The molecule has 8 N–H and O–H groups in total. The number of pyridine rings is 1. The highest BCUT2D eigenvalue weighted by Gasteiger charge is 2.81. The molecule has 27 atom stereocenters. The Balaban J connectivity index is 0.780. The van der Waals surface area contributed by atoms with Gasteiger partial charge in [-0.05, 0) is 102 Å². The van der Waals surface area contributed by atoms with Gasteiger partial charge in [0.1, 0.15) is 83.9 Å². The van der Waals surface area contributed by atoms with Gasteiger partial charge in [0.15, 0.2) is 25.2 Å². The van der Waals surface area contributed by atoms with Crippen LogP contribution in [0.4, 0.5) is 0 Å². The number of carbonyl (C=O) groups excluding carboxylic acids is 2. The van der Waals surface area contributed by atoms with E-state index in [9.17, 15) is 50.4 Å². The Morgan fingerprint density at radius 3 is 2.01 bits per heavy atom. The first-order chi connectivity index (χ1) is 41.4. The van der Waals surface area contributed by atoms with Crippen molar-refractivity contribution >= 4 is 18.0 Å². The fraction of sp³-hybridized carbons (Fsp3) is 0.730. The van der Waals surface area contributed by atoms with Gasteiger partial charge in [-0.25, -0.2) is 9.59 Å². The molecule has 3 saturated carbocycles. The lowest BCUT2D eigenvalue weighted by atomic mass is 9.42.